The number of aryl methyl sites for hydroxylation is 1. The van der Waals surface area contributed by atoms with Crippen LogP contribution >= 0.6 is 0 Å². The maximum atomic E-state index is 13.2. The summed E-state index contributed by atoms with van der Waals surface area (Å²) in [6, 6.07) is 0. The molecule has 0 saturated carbocycles. The van der Waals surface area contributed by atoms with E-state index in [0.29, 0.717) is 23.6 Å². The minimum atomic E-state index is -1.92. The summed E-state index contributed by atoms with van der Waals surface area (Å²) in [5.74, 6) is -2.75. The van der Waals surface area contributed by atoms with Crippen LogP contribution in [0.5, 0.6) is 0 Å². The van der Waals surface area contributed by atoms with Gasteiger partial charge in [0.05, 0.1) is 25.2 Å². The van der Waals surface area contributed by atoms with Crippen molar-refractivity contribution in [1.29, 1.82) is 0 Å². The van der Waals surface area contributed by atoms with E-state index in [9.17, 15) is 24.9 Å². The number of ether oxygens (including phenoxy) is 5. The van der Waals surface area contributed by atoms with E-state index < -0.39 is 54.0 Å². The topological polar surface area (TPSA) is 159 Å². The third-order valence-corrected chi connectivity index (χ3v) is 9.60. The summed E-state index contributed by atoms with van der Waals surface area (Å²) in [4.78, 5) is 29.2. The summed E-state index contributed by atoms with van der Waals surface area (Å²) in [6.45, 7) is 8.95. The van der Waals surface area contributed by atoms with Gasteiger partial charge in [0.15, 0.2) is 12.4 Å². The molecule has 1 fully saturated rings. The number of aliphatic hydroxyl groups is 3. The van der Waals surface area contributed by atoms with Crippen LogP contribution in [-0.2, 0) is 40.3 Å². The lowest BCUT2D eigenvalue weighted by molar-refractivity contribution is -0.276. The van der Waals surface area contributed by atoms with Crippen molar-refractivity contribution in [2.75, 3.05) is 13.2 Å². The molecular weight excluding hydrogens is 596 g/mol. The standard InChI is InChI=1S/C34H46N2O10/c1-19(2)24-9-7-20(3)25-14-28(45-29(39)10-8-23-15-36(6)18-35-23)33(5)11-12-34(41,46-33)22(13-26(24)25)16-42-32-31(44-21(4)37)30(40)27(38)17-43-32/h7-8,10-13,15,18-19,24-28,30-32,38,40-41H,9,14,16-17H2,1-6H3/t24-,25+,26?,27-,28+,30-,31+,32-,33+,34-/m1/s1. The molecule has 4 aliphatic rings. The first-order chi connectivity index (χ1) is 21.7. The highest BCUT2D eigenvalue weighted by atomic mass is 16.7. The van der Waals surface area contributed by atoms with Crippen LogP contribution in [0.2, 0.25) is 0 Å². The van der Waals surface area contributed by atoms with Gasteiger partial charge in [0, 0.05) is 31.8 Å². The van der Waals surface area contributed by atoms with E-state index in [4.69, 9.17) is 23.7 Å². The predicted octanol–water partition coefficient (Wildman–Crippen LogP) is 2.59. The van der Waals surface area contributed by atoms with Gasteiger partial charge in [-0.15, -0.1) is 0 Å². The van der Waals surface area contributed by atoms with Gasteiger partial charge in [0.1, 0.15) is 23.9 Å². The highest BCUT2D eigenvalue weighted by Gasteiger charge is 2.53. The molecule has 1 aromatic heterocycles. The molecule has 1 saturated heterocycles. The van der Waals surface area contributed by atoms with E-state index in [2.05, 4.69) is 31.8 Å². The van der Waals surface area contributed by atoms with E-state index in [-0.39, 0.29) is 31.0 Å². The van der Waals surface area contributed by atoms with Crippen LogP contribution in [0.15, 0.2) is 54.1 Å². The molecule has 46 heavy (non-hydrogen) atoms. The predicted molar refractivity (Wildman–Crippen MR) is 165 cm³/mol. The summed E-state index contributed by atoms with van der Waals surface area (Å²) in [6.07, 6.45) is 9.21. The lowest BCUT2D eigenvalue weighted by Crippen LogP contribution is -2.55. The molecule has 1 aliphatic carbocycles. The van der Waals surface area contributed by atoms with Gasteiger partial charge < -0.3 is 43.6 Å². The first-order valence-electron chi connectivity index (χ1n) is 15.8. The molecule has 5 rings (SSSR count). The normalized spacial score (nSPS) is 37.6. The Morgan fingerprint density at radius 2 is 2.00 bits per heavy atom. The molecule has 0 spiro atoms. The Balaban J connectivity index is 1.46. The zero-order valence-electron chi connectivity index (χ0n) is 27.2. The van der Waals surface area contributed by atoms with Gasteiger partial charge in [-0.2, -0.15) is 0 Å². The van der Waals surface area contributed by atoms with Crippen molar-refractivity contribution in [1.82, 2.24) is 9.55 Å². The van der Waals surface area contributed by atoms with Crippen LogP contribution < -0.4 is 0 Å². The molecule has 1 aromatic rings. The Labute approximate surface area is 269 Å². The molecule has 0 aromatic carbocycles. The summed E-state index contributed by atoms with van der Waals surface area (Å²) < 4.78 is 31.2. The Bertz CT molecular complexity index is 1410. The number of carbonyl (C=O) groups excluding carboxylic acids is 2. The average molecular weight is 643 g/mol. The van der Waals surface area contributed by atoms with Crippen molar-refractivity contribution in [3.05, 3.63) is 59.7 Å². The fourth-order valence-electron chi connectivity index (χ4n) is 6.94. The molecule has 0 amide bonds. The molecule has 10 atom stereocenters. The number of carbonyl (C=O) groups is 2. The summed E-state index contributed by atoms with van der Waals surface area (Å²) >= 11 is 0. The number of aliphatic hydroxyl groups excluding tert-OH is 2. The molecule has 3 N–H and O–H groups in total. The van der Waals surface area contributed by atoms with E-state index in [1.54, 1.807) is 36.2 Å². The zero-order chi connectivity index (χ0) is 33.4. The largest absolute Gasteiger partial charge is 0.456 e. The number of fused-ring (bicyclic) bond motifs is 3. The van der Waals surface area contributed by atoms with Gasteiger partial charge in [-0.05, 0) is 68.6 Å². The van der Waals surface area contributed by atoms with E-state index in [1.165, 1.54) is 19.1 Å². The Hall–Kier alpha value is -3.13. The highest BCUT2D eigenvalue weighted by molar-refractivity contribution is 5.86. The molecule has 252 valence electrons. The fraction of sp³-hybridized carbons (Fsp3) is 0.618. The van der Waals surface area contributed by atoms with Gasteiger partial charge in [0.2, 0.25) is 5.79 Å². The number of nitrogens with zero attached hydrogens (tertiary/aromatic N) is 2. The number of hydrogen-bond donors (Lipinski definition) is 3. The van der Waals surface area contributed by atoms with Crippen LogP contribution in [0.3, 0.4) is 0 Å². The van der Waals surface area contributed by atoms with Crippen molar-refractivity contribution in [2.24, 2.45) is 30.7 Å². The summed E-state index contributed by atoms with van der Waals surface area (Å²) in [7, 11) is 1.84. The van der Waals surface area contributed by atoms with Crippen molar-refractivity contribution in [3.63, 3.8) is 0 Å². The molecule has 2 bridgehead atoms. The monoisotopic (exact) mass is 642 g/mol. The number of hydrogen-bond acceptors (Lipinski definition) is 11. The second kappa shape index (κ2) is 13.5. The lowest BCUT2D eigenvalue weighted by atomic mass is 9.65. The van der Waals surface area contributed by atoms with Crippen molar-refractivity contribution < 1.29 is 48.6 Å². The maximum absolute atomic E-state index is 13.2. The third kappa shape index (κ3) is 7.22. The SMILES string of the molecule is CC(=O)O[C@@H]1[C@H](OCC2=CC3[C@@H](C(C)C)CC=C(C)[C@@H]3C[C@H](OC(=O)C=Cc3cn(C)cn3)[C@]3(C)C=C[C@@]2(O)O3)OC[C@@H](O)[C@H]1O. The van der Waals surface area contributed by atoms with E-state index in [1.807, 2.05) is 13.1 Å². The molecule has 12 nitrogen and oxygen atoms in total. The Morgan fingerprint density at radius 3 is 2.67 bits per heavy atom. The van der Waals surface area contributed by atoms with Crippen LogP contribution in [0, 0.1) is 23.7 Å². The zero-order valence-corrected chi connectivity index (χ0v) is 27.2. The number of esters is 2. The highest BCUT2D eigenvalue weighted by Crippen LogP contribution is 2.49. The molecular formula is C34H46N2O10. The van der Waals surface area contributed by atoms with Gasteiger partial charge in [0.25, 0.3) is 0 Å². The molecule has 1 unspecified atom stereocenters. The maximum Gasteiger partial charge on any atom is 0.331 e. The minimum Gasteiger partial charge on any atom is -0.456 e. The number of imidazole rings is 1. The second-order valence-corrected chi connectivity index (χ2v) is 13.4. The summed E-state index contributed by atoms with van der Waals surface area (Å²) in [5, 5.41) is 32.7. The number of allylic oxidation sites excluding steroid dienone is 3. The van der Waals surface area contributed by atoms with Crippen molar-refractivity contribution >= 4 is 18.0 Å². The number of aromatic nitrogens is 2. The van der Waals surface area contributed by atoms with Gasteiger partial charge >= 0.3 is 11.9 Å². The average Bonchev–Trinajstić information content (AvgIpc) is 3.56. The smallest absolute Gasteiger partial charge is 0.331 e. The molecule has 12 heteroatoms. The van der Waals surface area contributed by atoms with Crippen molar-refractivity contribution in [3.8, 4) is 0 Å². The van der Waals surface area contributed by atoms with Crippen LogP contribution in [-0.4, -0.2) is 92.1 Å². The van der Waals surface area contributed by atoms with E-state index in [0.717, 1.165) is 12.0 Å². The quantitative estimate of drug-likeness (QED) is 0.217. The minimum absolute atomic E-state index is 0.0396. The van der Waals surface area contributed by atoms with Gasteiger partial charge in [-0.1, -0.05) is 31.6 Å². The number of rotatable bonds is 8. The fourth-order valence-corrected chi connectivity index (χ4v) is 6.94. The molecule has 3 aliphatic heterocycles. The van der Waals surface area contributed by atoms with Gasteiger partial charge in [-0.25, -0.2) is 9.78 Å². The van der Waals surface area contributed by atoms with Crippen molar-refractivity contribution in [2.45, 2.75) is 89.6 Å². The lowest BCUT2D eigenvalue weighted by Gasteiger charge is -2.41. The van der Waals surface area contributed by atoms with Crippen LogP contribution in [0.1, 0.15) is 53.2 Å². The van der Waals surface area contributed by atoms with Crippen LogP contribution in [0.25, 0.3) is 6.08 Å². The summed E-state index contributed by atoms with van der Waals surface area (Å²) in [5.41, 5.74) is 0.981. The molecule has 4 heterocycles. The van der Waals surface area contributed by atoms with E-state index >= 15 is 0 Å². The molecule has 0 radical (unpaired) electrons. The van der Waals surface area contributed by atoms with Gasteiger partial charge in [-0.3, -0.25) is 4.79 Å². The third-order valence-electron chi connectivity index (χ3n) is 9.60. The second-order valence-electron chi connectivity index (χ2n) is 13.4. The first-order valence-corrected chi connectivity index (χ1v) is 15.8. The van der Waals surface area contributed by atoms with Crippen LogP contribution in [0.4, 0.5) is 0 Å². The first kappa shape index (κ1) is 34.2. The Morgan fingerprint density at radius 1 is 1.24 bits per heavy atom. The Kier molecular flexibility index (Phi) is 10.1.